The van der Waals surface area contributed by atoms with Crippen LogP contribution in [0.15, 0.2) is 17.5 Å². The first kappa shape index (κ1) is 12.8. The maximum atomic E-state index is 5.94. The topological polar surface area (TPSA) is 37.8 Å². The van der Waals surface area contributed by atoms with E-state index in [-0.39, 0.29) is 5.28 Å². The molecule has 6 heteroatoms. The number of hydrogen-bond donors (Lipinski definition) is 1. The zero-order valence-electron chi connectivity index (χ0n) is 10.5. The molecule has 0 aliphatic heterocycles. The molecule has 0 radical (unpaired) electrons. The van der Waals surface area contributed by atoms with E-state index >= 15 is 0 Å². The number of halogens is 1. The van der Waals surface area contributed by atoms with E-state index in [9.17, 15) is 0 Å². The van der Waals surface area contributed by atoms with Crippen LogP contribution in [-0.2, 0) is 6.54 Å². The van der Waals surface area contributed by atoms with Gasteiger partial charge in [-0.25, -0.2) is 9.97 Å². The quantitative estimate of drug-likeness (QED) is 0.716. The third-order valence-electron chi connectivity index (χ3n) is 2.94. The summed E-state index contributed by atoms with van der Waals surface area (Å²) in [5, 5.41) is 6.67. The number of thiophene rings is 2. The Morgan fingerprint density at radius 2 is 2.16 bits per heavy atom. The molecule has 0 amide bonds. The van der Waals surface area contributed by atoms with E-state index < -0.39 is 0 Å². The lowest BCUT2D eigenvalue weighted by molar-refractivity contribution is 1.13. The minimum Gasteiger partial charge on any atom is -0.364 e. The lowest BCUT2D eigenvalue weighted by atomic mass is 10.3. The van der Waals surface area contributed by atoms with Crippen LogP contribution in [-0.4, -0.2) is 9.97 Å². The van der Waals surface area contributed by atoms with Gasteiger partial charge in [-0.2, -0.15) is 0 Å². The molecule has 0 fully saturated rings. The first-order valence-electron chi connectivity index (χ1n) is 5.84. The van der Waals surface area contributed by atoms with Gasteiger partial charge < -0.3 is 5.32 Å². The van der Waals surface area contributed by atoms with E-state index in [1.165, 1.54) is 15.3 Å². The molecule has 3 aromatic rings. The van der Waals surface area contributed by atoms with Gasteiger partial charge >= 0.3 is 0 Å². The molecule has 3 aromatic heterocycles. The number of hydrogen-bond acceptors (Lipinski definition) is 5. The van der Waals surface area contributed by atoms with Crippen LogP contribution in [0.5, 0.6) is 0 Å². The molecule has 0 saturated heterocycles. The third-order valence-corrected chi connectivity index (χ3v) is 5.07. The summed E-state index contributed by atoms with van der Waals surface area (Å²) in [7, 11) is 0. The van der Waals surface area contributed by atoms with Gasteiger partial charge in [-0.1, -0.05) is 0 Å². The maximum Gasteiger partial charge on any atom is 0.225 e. The average Bonchev–Trinajstić information content (AvgIpc) is 2.94. The predicted molar refractivity (Wildman–Crippen MR) is 83.5 cm³/mol. The number of anilines is 1. The van der Waals surface area contributed by atoms with Crippen molar-refractivity contribution in [1.29, 1.82) is 0 Å². The fraction of sp³-hybridized carbons (Fsp3) is 0.231. The molecule has 0 aliphatic rings. The van der Waals surface area contributed by atoms with Gasteiger partial charge in [-0.3, -0.25) is 0 Å². The summed E-state index contributed by atoms with van der Waals surface area (Å²) in [6.45, 7) is 5.04. The lowest BCUT2D eigenvalue weighted by Crippen LogP contribution is -2.01. The third kappa shape index (κ3) is 2.59. The molecule has 0 bridgehead atoms. The van der Waals surface area contributed by atoms with E-state index in [1.54, 1.807) is 11.3 Å². The Labute approximate surface area is 124 Å². The normalized spacial score (nSPS) is 11.1. The van der Waals surface area contributed by atoms with Crippen LogP contribution in [0.4, 0.5) is 5.82 Å². The molecule has 3 heterocycles. The Kier molecular flexibility index (Phi) is 3.43. The fourth-order valence-electron chi connectivity index (χ4n) is 1.87. The van der Waals surface area contributed by atoms with Crippen molar-refractivity contribution in [2.24, 2.45) is 0 Å². The molecule has 19 heavy (non-hydrogen) atoms. The highest BCUT2D eigenvalue weighted by Crippen LogP contribution is 2.27. The molecule has 3 nitrogen and oxygen atoms in total. The van der Waals surface area contributed by atoms with Crippen LogP contribution in [0.2, 0.25) is 5.28 Å². The van der Waals surface area contributed by atoms with Crippen LogP contribution in [0.3, 0.4) is 0 Å². The highest BCUT2D eigenvalue weighted by atomic mass is 35.5. The van der Waals surface area contributed by atoms with Crippen molar-refractivity contribution in [1.82, 2.24) is 9.97 Å². The molecule has 1 N–H and O–H groups in total. The Bertz CT molecular complexity index is 713. The SMILES string of the molecule is Cc1cc(CNc2nc(Cl)nc3sccc23)sc1C. The van der Waals surface area contributed by atoms with Crippen molar-refractivity contribution in [3.8, 4) is 0 Å². The van der Waals surface area contributed by atoms with Crippen molar-refractivity contribution in [3.63, 3.8) is 0 Å². The largest absolute Gasteiger partial charge is 0.364 e. The van der Waals surface area contributed by atoms with Gasteiger partial charge in [0.2, 0.25) is 5.28 Å². The molecule has 0 aromatic carbocycles. The van der Waals surface area contributed by atoms with E-state index in [0.29, 0.717) is 0 Å². The molecular weight excluding hydrogens is 298 g/mol. The summed E-state index contributed by atoms with van der Waals surface area (Å²) >= 11 is 9.32. The van der Waals surface area contributed by atoms with Crippen LogP contribution in [0, 0.1) is 13.8 Å². The summed E-state index contributed by atoms with van der Waals surface area (Å²) < 4.78 is 0. The number of aromatic nitrogens is 2. The zero-order chi connectivity index (χ0) is 13.4. The second-order valence-corrected chi connectivity index (χ2v) is 6.86. The highest BCUT2D eigenvalue weighted by Gasteiger charge is 2.08. The van der Waals surface area contributed by atoms with Crippen molar-refractivity contribution in [2.75, 3.05) is 5.32 Å². The number of rotatable bonds is 3. The number of nitrogens with one attached hydrogen (secondary N) is 1. The minimum absolute atomic E-state index is 0.288. The van der Waals surface area contributed by atoms with E-state index in [2.05, 4.69) is 35.2 Å². The van der Waals surface area contributed by atoms with Gasteiger partial charge in [0.25, 0.3) is 0 Å². The molecule has 0 spiro atoms. The highest BCUT2D eigenvalue weighted by molar-refractivity contribution is 7.16. The van der Waals surface area contributed by atoms with Gasteiger partial charge in [-0.15, -0.1) is 22.7 Å². The van der Waals surface area contributed by atoms with Crippen molar-refractivity contribution in [3.05, 3.63) is 38.1 Å². The van der Waals surface area contributed by atoms with Crippen molar-refractivity contribution < 1.29 is 0 Å². The summed E-state index contributed by atoms with van der Waals surface area (Å²) in [6, 6.07) is 4.23. The minimum atomic E-state index is 0.288. The number of aryl methyl sites for hydroxylation is 2. The predicted octanol–water partition coefficient (Wildman–Crippen LogP) is 4.64. The Balaban J connectivity index is 1.87. The second-order valence-electron chi connectivity index (χ2n) is 4.29. The van der Waals surface area contributed by atoms with Crippen LogP contribution < -0.4 is 5.32 Å². The van der Waals surface area contributed by atoms with Crippen LogP contribution in [0.1, 0.15) is 15.3 Å². The summed E-state index contributed by atoms with van der Waals surface area (Å²) in [5.74, 6) is 0.806. The van der Waals surface area contributed by atoms with Crippen LogP contribution >= 0.6 is 34.3 Å². The number of nitrogens with zero attached hydrogens (tertiary/aromatic N) is 2. The first-order valence-corrected chi connectivity index (χ1v) is 7.91. The van der Waals surface area contributed by atoms with Crippen LogP contribution in [0.25, 0.3) is 10.2 Å². The van der Waals surface area contributed by atoms with Gasteiger partial charge in [-0.05, 0) is 48.5 Å². The van der Waals surface area contributed by atoms with E-state index in [4.69, 9.17) is 11.6 Å². The molecular formula is C13H12ClN3S2. The molecule has 0 saturated carbocycles. The van der Waals surface area contributed by atoms with Gasteiger partial charge in [0.1, 0.15) is 10.6 Å². The molecule has 0 aliphatic carbocycles. The monoisotopic (exact) mass is 309 g/mol. The van der Waals surface area contributed by atoms with Gasteiger partial charge in [0.15, 0.2) is 0 Å². The average molecular weight is 310 g/mol. The lowest BCUT2D eigenvalue weighted by Gasteiger charge is -2.05. The Morgan fingerprint density at radius 1 is 1.32 bits per heavy atom. The Hall–Kier alpha value is -1.17. The standard InChI is InChI=1S/C13H12ClN3S2/c1-7-5-9(19-8(7)2)6-15-11-10-3-4-18-12(10)17-13(14)16-11/h3-5H,6H2,1-2H3,(H,15,16,17). The maximum absolute atomic E-state index is 5.94. The Morgan fingerprint density at radius 3 is 2.89 bits per heavy atom. The first-order chi connectivity index (χ1) is 9.13. The molecule has 0 unspecified atom stereocenters. The molecule has 98 valence electrons. The summed E-state index contributed by atoms with van der Waals surface area (Å²) in [4.78, 5) is 12.1. The smallest absolute Gasteiger partial charge is 0.225 e. The van der Waals surface area contributed by atoms with Gasteiger partial charge in [0.05, 0.1) is 11.9 Å². The summed E-state index contributed by atoms with van der Waals surface area (Å²) in [5.41, 5.74) is 1.34. The van der Waals surface area contributed by atoms with Crippen molar-refractivity contribution >= 4 is 50.3 Å². The number of fused-ring (bicyclic) bond motifs is 1. The molecule has 3 rings (SSSR count). The van der Waals surface area contributed by atoms with E-state index in [0.717, 1.165) is 22.6 Å². The van der Waals surface area contributed by atoms with E-state index in [1.807, 2.05) is 22.8 Å². The second kappa shape index (κ2) is 5.07. The van der Waals surface area contributed by atoms with Crippen molar-refractivity contribution in [2.45, 2.75) is 20.4 Å². The van der Waals surface area contributed by atoms with Gasteiger partial charge in [0, 0.05) is 9.75 Å². The molecule has 0 atom stereocenters. The fourth-order valence-corrected chi connectivity index (χ4v) is 3.85. The zero-order valence-corrected chi connectivity index (χ0v) is 12.9. The summed E-state index contributed by atoms with van der Waals surface area (Å²) in [6.07, 6.45) is 0.